The van der Waals surface area contributed by atoms with Gasteiger partial charge in [-0.3, -0.25) is 0 Å². The molecule has 6 heteroatoms. The van der Waals surface area contributed by atoms with Gasteiger partial charge in [-0.25, -0.2) is 14.5 Å². The van der Waals surface area contributed by atoms with E-state index in [-0.39, 0.29) is 5.69 Å². The molecule has 0 unspecified atom stereocenters. The van der Waals surface area contributed by atoms with Crippen LogP contribution in [0.3, 0.4) is 0 Å². The first-order chi connectivity index (χ1) is 13.0. The normalized spacial score (nSPS) is 10.9. The number of hydrogen-bond acceptors (Lipinski definition) is 4. The fraction of sp³-hybridized carbons (Fsp3) is 0.0952. The number of carboxylic acid groups (broad SMARTS) is 1. The van der Waals surface area contributed by atoms with Gasteiger partial charge in [0.05, 0.1) is 11.4 Å². The molecule has 1 N–H and O–H groups in total. The summed E-state index contributed by atoms with van der Waals surface area (Å²) in [5.41, 5.74) is 6.01. The molecule has 5 nitrogen and oxygen atoms in total. The molecule has 0 spiro atoms. The molecule has 0 radical (unpaired) electrons. The average molecular weight is 375 g/mol. The first-order valence-corrected chi connectivity index (χ1v) is 9.34. The molecule has 2 heterocycles. The fourth-order valence-electron chi connectivity index (χ4n) is 3.10. The third kappa shape index (κ3) is 3.15. The second kappa shape index (κ2) is 6.81. The van der Waals surface area contributed by atoms with Gasteiger partial charge in [0.1, 0.15) is 0 Å². The Hall–Kier alpha value is -3.25. The Labute approximate surface area is 160 Å². The van der Waals surface area contributed by atoms with E-state index in [0.717, 1.165) is 33.6 Å². The molecule has 0 atom stereocenters. The van der Waals surface area contributed by atoms with Gasteiger partial charge in [0.25, 0.3) is 0 Å². The molecule has 4 rings (SSSR count). The number of rotatable bonds is 4. The number of carbonyl (C=O) groups is 1. The Bertz CT molecular complexity index is 1130. The number of carboxylic acids is 1. The van der Waals surface area contributed by atoms with Crippen molar-refractivity contribution in [3.05, 3.63) is 76.8 Å². The van der Waals surface area contributed by atoms with Crippen molar-refractivity contribution in [1.29, 1.82) is 0 Å². The molecule has 0 aliphatic heterocycles. The van der Waals surface area contributed by atoms with Gasteiger partial charge in [-0.1, -0.05) is 54.1 Å². The monoisotopic (exact) mass is 375 g/mol. The molecule has 0 bridgehead atoms. The summed E-state index contributed by atoms with van der Waals surface area (Å²) in [6.07, 6.45) is 0. The Morgan fingerprint density at radius 1 is 1.04 bits per heavy atom. The minimum absolute atomic E-state index is 0.0274. The standard InChI is InChI=1S/C21H17N3O2S/c1-13-7-6-10-16(11-13)19-14(2)18(15-8-4-3-5-9-15)23-24(19)21-22-17(12-27-21)20(25)26/h3-12H,1-2H3,(H,25,26). The van der Waals surface area contributed by atoms with Gasteiger partial charge in [-0.05, 0) is 19.9 Å². The molecule has 0 fully saturated rings. The molecule has 134 valence electrons. The van der Waals surface area contributed by atoms with Crippen LogP contribution in [0.2, 0.25) is 0 Å². The Morgan fingerprint density at radius 3 is 2.44 bits per heavy atom. The van der Waals surface area contributed by atoms with Crippen molar-refractivity contribution in [2.75, 3.05) is 0 Å². The lowest BCUT2D eigenvalue weighted by atomic mass is 10.0. The van der Waals surface area contributed by atoms with Crippen molar-refractivity contribution in [2.24, 2.45) is 0 Å². The molecule has 0 amide bonds. The van der Waals surface area contributed by atoms with Crippen molar-refractivity contribution < 1.29 is 9.90 Å². The van der Waals surface area contributed by atoms with Crippen molar-refractivity contribution in [3.63, 3.8) is 0 Å². The van der Waals surface area contributed by atoms with Crippen LogP contribution in [0, 0.1) is 13.8 Å². The molecule has 27 heavy (non-hydrogen) atoms. The lowest BCUT2D eigenvalue weighted by Gasteiger charge is -2.07. The predicted molar refractivity (Wildman–Crippen MR) is 107 cm³/mol. The predicted octanol–water partition coefficient (Wildman–Crippen LogP) is 4.98. The van der Waals surface area contributed by atoms with Gasteiger partial charge < -0.3 is 5.11 Å². The summed E-state index contributed by atoms with van der Waals surface area (Å²) in [4.78, 5) is 15.5. The number of aryl methyl sites for hydroxylation is 1. The van der Waals surface area contributed by atoms with E-state index in [9.17, 15) is 9.90 Å². The van der Waals surface area contributed by atoms with Crippen LogP contribution < -0.4 is 0 Å². The summed E-state index contributed by atoms with van der Waals surface area (Å²) in [7, 11) is 0. The van der Waals surface area contributed by atoms with Gasteiger partial charge in [0, 0.05) is 22.1 Å². The van der Waals surface area contributed by atoms with E-state index < -0.39 is 5.97 Å². The molecule has 2 aromatic heterocycles. The van der Waals surface area contributed by atoms with Gasteiger partial charge in [-0.2, -0.15) is 5.10 Å². The SMILES string of the molecule is Cc1cccc(-c2c(C)c(-c3ccccc3)nn2-c2nc(C(=O)O)cs2)c1. The lowest BCUT2D eigenvalue weighted by molar-refractivity contribution is 0.0691. The Kier molecular flexibility index (Phi) is 4.33. The molecule has 0 saturated heterocycles. The summed E-state index contributed by atoms with van der Waals surface area (Å²) in [6, 6.07) is 18.1. The molecular formula is C21H17N3O2S. The third-order valence-electron chi connectivity index (χ3n) is 4.35. The van der Waals surface area contributed by atoms with Crippen molar-refractivity contribution in [2.45, 2.75) is 13.8 Å². The fourth-order valence-corrected chi connectivity index (χ4v) is 3.85. The number of nitrogens with zero attached hydrogens (tertiary/aromatic N) is 3. The molecular weight excluding hydrogens is 358 g/mol. The zero-order valence-corrected chi connectivity index (χ0v) is 15.7. The lowest BCUT2D eigenvalue weighted by Crippen LogP contribution is -2.02. The van der Waals surface area contributed by atoms with Crippen LogP contribution in [-0.4, -0.2) is 25.8 Å². The molecule has 0 aliphatic rings. The second-order valence-corrected chi connectivity index (χ2v) is 7.13. The number of thiazole rings is 1. The first-order valence-electron chi connectivity index (χ1n) is 8.46. The average Bonchev–Trinajstić information content (AvgIpc) is 3.27. The van der Waals surface area contributed by atoms with Crippen LogP contribution in [0.4, 0.5) is 0 Å². The highest BCUT2D eigenvalue weighted by molar-refractivity contribution is 7.12. The number of aromatic nitrogens is 3. The van der Waals surface area contributed by atoms with Gasteiger partial charge in [0.15, 0.2) is 5.69 Å². The zero-order chi connectivity index (χ0) is 19.0. The Morgan fingerprint density at radius 2 is 1.78 bits per heavy atom. The van der Waals surface area contributed by atoms with Gasteiger partial charge in [0.2, 0.25) is 5.13 Å². The quantitative estimate of drug-likeness (QED) is 0.546. The molecule has 4 aromatic rings. The highest BCUT2D eigenvalue weighted by Crippen LogP contribution is 2.34. The second-order valence-electron chi connectivity index (χ2n) is 6.29. The van der Waals surface area contributed by atoms with Crippen molar-refractivity contribution >= 4 is 17.3 Å². The van der Waals surface area contributed by atoms with E-state index in [1.165, 1.54) is 16.7 Å². The highest BCUT2D eigenvalue weighted by Gasteiger charge is 2.21. The number of benzene rings is 2. The van der Waals surface area contributed by atoms with Crippen LogP contribution in [0.5, 0.6) is 0 Å². The van der Waals surface area contributed by atoms with Crippen LogP contribution in [0.15, 0.2) is 60.0 Å². The molecule has 2 aromatic carbocycles. The maximum absolute atomic E-state index is 11.3. The van der Waals surface area contributed by atoms with Crippen LogP contribution in [0.25, 0.3) is 27.6 Å². The van der Waals surface area contributed by atoms with E-state index in [4.69, 9.17) is 5.10 Å². The largest absolute Gasteiger partial charge is 0.476 e. The minimum Gasteiger partial charge on any atom is -0.476 e. The van der Waals surface area contributed by atoms with E-state index in [1.807, 2.05) is 62.4 Å². The Balaban J connectivity index is 1.97. The van der Waals surface area contributed by atoms with Gasteiger partial charge >= 0.3 is 5.97 Å². The van der Waals surface area contributed by atoms with Gasteiger partial charge in [-0.15, -0.1) is 11.3 Å². The minimum atomic E-state index is -1.04. The van der Waals surface area contributed by atoms with E-state index >= 15 is 0 Å². The van der Waals surface area contributed by atoms with E-state index in [2.05, 4.69) is 11.1 Å². The summed E-state index contributed by atoms with van der Waals surface area (Å²) < 4.78 is 1.75. The molecule has 0 aliphatic carbocycles. The maximum atomic E-state index is 11.3. The van der Waals surface area contributed by atoms with Crippen LogP contribution in [-0.2, 0) is 0 Å². The number of hydrogen-bond donors (Lipinski definition) is 1. The third-order valence-corrected chi connectivity index (χ3v) is 5.17. The maximum Gasteiger partial charge on any atom is 0.355 e. The van der Waals surface area contributed by atoms with Crippen LogP contribution >= 0.6 is 11.3 Å². The number of aromatic carboxylic acids is 1. The zero-order valence-electron chi connectivity index (χ0n) is 14.9. The van der Waals surface area contributed by atoms with Crippen molar-refractivity contribution in [3.8, 4) is 27.6 Å². The molecule has 0 saturated carbocycles. The van der Waals surface area contributed by atoms with Crippen LogP contribution in [0.1, 0.15) is 21.6 Å². The van der Waals surface area contributed by atoms with Crippen molar-refractivity contribution in [1.82, 2.24) is 14.8 Å². The summed E-state index contributed by atoms with van der Waals surface area (Å²) >= 11 is 1.27. The van der Waals surface area contributed by atoms with E-state index in [1.54, 1.807) is 4.68 Å². The smallest absolute Gasteiger partial charge is 0.355 e. The topological polar surface area (TPSA) is 68.0 Å². The summed E-state index contributed by atoms with van der Waals surface area (Å²) in [6.45, 7) is 4.08. The summed E-state index contributed by atoms with van der Waals surface area (Å²) in [5.74, 6) is -1.04. The highest BCUT2D eigenvalue weighted by atomic mass is 32.1. The first kappa shape index (κ1) is 17.2. The summed E-state index contributed by atoms with van der Waals surface area (Å²) in [5, 5.41) is 16.1. The van der Waals surface area contributed by atoms with E-state index in [0.29, 0.717) is 5.13 Å².